The van der Waals surface area contributed by atoms with Gasteiger partial charge in [0.2, 0.25) is 0 Å². The van der Waals surface area contributed by atoms with E-state index in [1.54, 1.807) is 6.20 Å². The lowest BCUT2D eigenvalue weighted by Crippen LogP contribution is -2.50. The molecular weight excluding hydrogens is 409 g/mol. The molecule has 0 aliphatic carbocycles. The van der Waals surface area contributed by atoms with Gasteiger partial charge in [-0.1, -0.05) is 43.7 Å². The quantitative estimate of drug-likeness (QED) is 0.659. The average Bonchev–Trinajstić information content (AvgIpc) is 3.22. The fraction of sp³-hybridized carbons (Fsp3) is 0.455. The van der Waals surface area contributed by atoms with Crippen LogP contribution in [-0.4, -0.2) is 41.5 Å². The van der Waals surface area contributed by atoms with Gasteiger partial charge in [0, 0.05) is 12.7 Å². The normalized spacial score (nSPS) is 19.6. The molecule has 1 saturated heterocycles. The van der Waals surface area contributed by atoms with E-state index in [0.29, 0.717) is 11.6 Å². The monoisotopic (exact) mass is 437 g/mol. The molecule has 2 aliphatic rings. The van der Waals surface area contributed by atoms with Crippen molar-refractivity contribution >= 4 is 36.5 Å². The Balaban J connectivity index is 0.00000150. The van der Waals surface area contributed by atoms with E-state index in [4.69, 9.17) is 4.74 Å². The molecule has 2 aromatic rings. The van der Waals surface area contributed by atoms with Crippen LogP contribution in [0.2, 0.25) is 0 Å². The minimum atomic E-state index is -0.434. The van der Waals surface area contributed by atoms with Crippen molar-refractivity contribution in [2.45, 2.75) is 44.8 Å². The standard InChI is InChI=1S/C22H27N3O2.2ClH/c1-2-9-20-22(26)25(21-19(27-20)12-8-13-23-21)18(16-24-14-6-7-15-24)17-10-4-3-5-11-17;;/h3-5,8,10-13,18,20H,2,6-7,9,14-16H2,1H3;2*1H. The minimum Gasteiger partial charge on any atom is -0.477 e. The van der Waals surface area contributed by atoms with Crippen molar-refractivity contribution in [1.29, 1.82) is 0 Å². The molecule has 3 heterocycles. The summed E-state index contributed by atoms with van der Waals surface area (Å²) in [4.78, 5) is 22.3. The number of likely N-dealkylation sites (tertiary alicyclic amines) is 1. The zero-order chi connectivity index (χ0) is 18.6. The molecule has 1 amide bonds. The lowest BCUT2D eigenvalue weighted by atomic mass is 10.0. The summed E-state index contributed by atoms with van der Waals surface area (Å²) in [6.07, 6.45) is 5.38. The van der Waals surface area contributed by atoms with Crippen molar-refractivity contribution in [2.24, 2.45) is 0 Å². The molecule has 2 atom stereocenters. The molecule has 2 unspecified atom stereocenters. The van der Waals surface area contributed by atoms with Gasteiger partial charge in [-0.3, -0.25) is 9.69 Å². The fourth-order valence-electron chi connectivity index (χ4n) is 4.09. The SMILES string of the molecule is CCCC1Oc2cccnc2N(C(CN2CCCC2)c2ccccc2)C1=O.Cl.Cl. The maximum Gasteiger partial charge on any atom is 0.269 e. The van der Waals surface area contributed by atoms with Gasteiger partial charge >= 0.3 is 0 Å². The number of ether oxygens (including phenoxy) is 1. The first-order valence-electron chi connectivity index (χ1n) is 10.00. The maximum atomic E-state index is 13.4. The highest BCUT2D eigenvalue weighted by Crippen LogP contribution is 2.38. The molecule has 0 N–H and O–H groups in total. The first kappa shape index (κ1) is 23.5. The molecule has 7 heteroatoms. The summed E-state index contributed by atoms with van der Waals surface area (Å²) in [7, 11) is 0. The van der Waals surface area contributed by atoms with E-state index in [1.165, 1.54) is 12.8 Å². The van der Waals surface area contributed by atoms with Crippen molar-refractivity contribution in [3.8, 4) is 5.75 Å². The highest BCUT2D eigenvalue weighted by atomic mass is 35.5. The molecule has 0 bridgehead atoms. The van der Waals surface area contributed by atoms with E-state index in [0.717, 1.165) is 38.0 Å². The number of fused-ring (bicyclic) bond motifs is 1. The van der Waals surface area contributed by atoms with Crippen LogP contribution in [0.3, 0.4) is 0 Å². The number of hydrogen-bond donors (Lipinski definition) is 0. The van der Waals surface area contributed by atoms with E-state index < -0.39 is 6.10 Å². The molecule has 0 radical (unpaired) electrons. The number of hydrogen-bond acceptors (Lipinski definition) is 4. The topological polar surface area (TPSA) is 45.7 Å². The third kappa shape index (κ3) is 5.03. The van der Waals surface area contributed by atoms with Gasteiger partial charge < -0.3 is 9.64 Å². The van der Waals surface area contributed by atoms with Crippen molar-refractivity contribution in [3.05, 3.63) is 54.2 Å². The number of halogens is 2. The van der Waals surface area contributed by atoms with E-state index >= 15 is 0 Å². The van der Waals surface area contributed by atoms with Gasteiger partial charge in [0.25, 0.3) is 5.91 Å². The second kappa shape index (κ2) is 10.8. The zero-order valence-corrected chi connectivity index (χ0v) is 18.3. The molecule has 158 valence electrons. The second-order valence-corrected chi connectivity index (χ2v) is 7.36. The Bertz CT molecular complexity index is 785. The number of amides is 1. The maximum absolute atomic E-state index is 13.4. The van der Waals surface area contributed by atoms with Crippen LogP contribution in [0.15, 0.2) is 48.7 Å². The van der Waals surface area contributed by atoms with E-state index in [9.17, 15) is 4.79 Å². The van der Waals surface area contributed by atoms with Crippen molar-refractivity contribution < 1.29 is 9.53 Å². The van der Waals surface area contributed by atoms with Gasteiger partial charge in [0.05, 0.1) is 6.04 Å². The Labute approximate surface area is 185 Å². The third-order valence-corrected chi connectivity index (χ3v) is 5.44. The molecule has 1 aromatic carbocycles. The van der Waals surface area contributed by atoms with Gasteiger partial charge in [-0.05, 0) is 50.0 Å². The Morgan fingerprint density at radius 2 is 1.83 bits per heavy atom. The first-order chi connectivity index (χ1) is 13.3. The molecule has 0 spiro atoms. The lowest BCUT2D eigenvalue weighted by Gasteiger charge is -2.39. The van der Waals surface area contributed by atoms with Crippen molar-refractivity contribution in [1.82, 2.24) is 9.88 Å². The van der Waals surface area contributed by atoms with Crippen LogP contribution >= 0.6 is 24.8 Å². The highest BCUT2D eigenvalue weighted by Gasteiger charge is 2.40. The summed E-state index contributed by atoms with van der Waals surface area (Å²) in [5, 5.41) is 0. The molecule has 1 aromatic heterocycles. The molecule has 4 rings (SSSR count). The van der Waals surface area contributed by atoms with Crippen LogP contribution in [0, 0.1) is 0 Å². The average molecular weight is 438 g/mol. The van der Waals surface area contributed by atoms with Crippen LogP contribution in [0.1, 0.15) is 44.2 Å². The summed E-state index contributed by atoms with van der Waals surface area (Å²) in [5.41, 5.74) is 1.14. The van der Waals surface area contributed by atoms with Crippen LogP contribution in [0.25, 0.3) is 0 Å². The van der Waals surface area contributed by atoms with E-state index in [1.807, 2.05) is 35.2 Å². The van der Waals surface area contributed by atoms with Crippen LogP contribution in [0.5, 0.6) is 5.75 Å². The molecular formula is C22H29Cl2N3O2. The summed E-state index contributed by atoms with van der Waals surface area (Å²) < 4.78 is 6.00. The summed E-state index contributed by atoms with van der Waals surface area (Å²) >= 11 is 0. The Morgan fingerprint density at radius 1 is 1.10 bits per heavy atom. The Hall–Kier alpha value is -1.82. The molecule has 2 aliphatic heterocycles. The van der Waals surface area contributed by atoms with E-state index in [2.05, 4.69) is 28.9 Å². The van der Waals surface area contributed by atoms with Gasteiger partial charge in [0.15, 0.2) is 17.7 Å². The Kier molecular flexibility index (Phi) is 8.75. The number of pyridine rings is 1. The largest absolute Gasteiger partial charge is 0.477 e. The number of carbonyl (C=O) groups is 1. The van der Waals surface area contributed by atoms with Gasteiger partial charge in [-0.25, -0.2) is 4.98 Å². The minimum absolute atomic E-state index is 0. The number of nitrogens with zero attached hydrogens (tertiary/aromatic N) is 3. The van der Waals surface area contributed by atoms with Gasteiger partial charge in [0.1, 0.15) is 0 Å². The number of anilines is 1. The van der Waals surface area contributed by atoms with Crippen LogP contribution in [-0.2, 0) is 4.79 Å². The summed E-state index contributed by atoms with van der Waals surface area (Å²) in [5.74, 6) is 1.37. The molecule has 0 saturated carbocycles. The van der Waals surface area contributed by atoms with Gasteiger partial charge in [-0.2, -0.15) is 0 Å². The van der Waals surface area contributed by atoms with Crippen molar-refractivity contribution in [3.63, 3.8) is 0 Å². The fourth-order valence-corrected chi connectivity index (χ4v) is 4.09. The lowest BCUT2D eigenvalue weighted by molar-refractivity contribution is -0.127. The number of aromatic nitrogens is 1. The molecule has 5 nitrogen and oxygen atoms in total. The molecule has 1 fully saturated rings. The predicted octanol–water partition coefficient (Wildman–Crippen LogP) is 4.66. The number of rotatable bonds is 6. The van der Waals surface area contributed by atoms with Crippen LogP contribution < -0.4 is 9.64 Å². The highest BCUT2D eigenvalue weighted by molar-refractivity contribution is 5.99. The van der Waals surface area contributed by atoms with E-state index in [-0.39, 0.29) is 36.8 Å². The third-order valence-electron chi connectivity index (χ3n) is 5.44. The first-order valence-corrected chi connectivity index (χ1v) is 10.00. The summed E-state index contributed by atoms with van der Waals surface area (Å²) in [6.45, 7) is 5.09. The van der Waals surface area contributed by atoms with Crippen molar-refractivity contribution in [2.75, 3.05) is 24.5 Å². The molecule has 29 heavy (non-hydrogen) atoms. The number of benzene rings is 1. The summed E-state index contributed by atoms with van der Waals surface area (Å²) in [6, 6.07) is 14.1. The van der Waals surface area contributed by atoms with Gasteiger partial charge in [-0.15, -0.1) is 24.8 Å². The number of carbonyl (C=O) groups excluding carboxylic acids is 1. The Morgan fingerprint density at radius 3 is 2.52 bits per heavy atom. The zero-order valence-electron chi connectivity index (χ0n) is 16.7. The van der Waals surface area contributed by atoms with Crippen LogP contribution in [0.4, 0.5) is 5.82 Å². The predicted molar refractivity (Wildman–Crippen MR) is 120 cm³/mol. The second-order valence-electron chi connectivity index (χ2n) is 7.36. The smallest absolute Gasteiger partial charge is 0.269 e.